The van der Waals surface area contributed by atoms with Gasteiger partial charge >= 0.3 is 0 Å². The number of pyridine rings is 1. The van der Waals surface area contributed by atoms with Crippen molar-refractivity contribution < 1.29 is 9.53 Å². The van der Waals surface area contributed by atoms with Crippen LogP contribution in [0.1, 0.15) is 21.6 Å². The van der Waals surface area contributed by atoms with Gasteiger partial charge in [-0.15, -0.1) is 0 Å². The monoisotopic (exact) mass is 648 g/mol. The summed E-state index contributed by atoms with van der Waals surface area (Å²) in [6.45, 7) is 5.03. The van der Waals surface area contributed by atoms with Crippen LogP contribution in [0.15, 0.2) is 72.9 Å². The van der Waals surface area contributed by atoms with Gasteiger partial charge in [0.25, 0.3) is 5.91 Å². The number of ether oxygens (including phenoxy) is 1. The maximum absolute atomic E-state index is 13.1. The Hall–Kier alpha value is -3.50. The topological polar surface area (TPSA) is 81.8 Å². The zero-order chi connectivity index (χ0) is 32.3. The van der Waals surface area contributed by atoms with Gasteiger partial charge in [0.1, 0.15) is 11.4 Å². The molecule has 0 saturated heterocycles. The fraction of sp³-hybridized carbons (Fsp3) is 0.314. The molecule has 0 radical (unpaired) electrons. The van der Waals surface area contributed by atoms with Gasteiger partial charge in [0, 0.05) is 67.7 Å². The smallest absolute Gasteiger partial charge is 0.274 e. The van der Waals surface area contributed by atoms with E-state index in [1.165, 1.54) is 0 Å². The molecule has 8 nitrogen and oxygen atoms in total. The number of nitrogens with zero attached hydrogens (tertiary/aromatic N) is 3. The molecule has 1 aromatic heterocycles. The van der Waals surface area contributed by atoms with Crippen molar-refractivity contribution in [2.45, 2.75) is 13.1 Å². The zero-order valence-corrected chi connectivity index (χ0v) is 28.1. The normalized spacial score (nSPS) is 11.3. The number of likely N-dealkylation sites (N-methyl/N-ethyl adjacent to an activating group) is 2. The molecule has 0 spiro atoms. The van der Waals surface area contributed by atoms with Crippen LogP contribution in [-0.4, -0.2) is 82.2 Å². The first-order chi connectivity index (χ1) is 21.7. The summed E-state index contributed by atoms with van der Waals surface area (Å²) in [5.74, 6) is 0.445. The van der Waals surface area contributed by atoms with Crippen LogP contribution in [-0.2, 0) is 13.1 Å². The summed E-state index contributed by atoms with van der Waals surface area (Å²) in [6.07, 6.45) is 1.71. The highest BCUT2D eigenvalue weighted by atomic mass is 35.5. The van der Waals surface area contributed by atoms with E-state index in [-0.39, 0.29) is 5.91 Å². The molecule has 1 heterocycles. The van der Waals surface area contributed by atoms with Crippen molar-refractivity contribution in [1.29, 1.82) is 0 Å². The molecule has 3 N–H and O–H groups in total. The van der Waals surface area contributed by atoms with Crippen LogP contribution in [0, 0.1) is 0 Å². The van der Waals surface area contributed by atoms with Gasteiger partial charge in [-0.25, -0.2) is 0 Å². The molecule has 3 aromatic carbocycles. The number of carbonyl (C=O) groups is 1. The number of benzene rings is 3. The second-order valence-corrected chi connectivity index (χ2v) is 12.1. The first-order valence-electron chi connectivity index (χ1n) is 14.9. The molecule has 1 amide bonds. The highest BCUT2D eigenvalue weighted by Gasteiger charge is 2.17. The predicted molar refractivity (Wildman–Crippen MR) is 187 cm³/mol. The van der Waals surface area contributed by atoms with Crippen LogP contribution in [0.2, 0.25) is 10.0 Å². The van der Waals surface area contributed by atoms with Gasteiger partial charge in [-0.3, -0.25) is 9.78 Å². The van der Waals surface area contributed by atoms with Crippen LogP contribution < -0.4 is 20.7 Å². The summed E-state index contributed by atoms with van der Waals surface area (Å²) in [6, 6.07) is 21.1. The lowest BCUT2D eigenvalue weighted by Crippen LogP contribution is -2.26. The molecule has 0 fully saturated rings. The number of aromatic nitrogens is 1. The Labute approximate surface area is 276 Å². The predicted octanol–water partition coefficient (Wildman–Crippen LogP) is 6.29. The molecule has 0 aliphatic rings. The summed E-state index contributed by atoms with van der Waals surface area (Å²) in [7, 11) is 9.86. The SMILES string of the molecule is COc1cc(-c2cccc(-c3cccc(NC(=O)c4ccc(CNCCN(C)C)cn4)c3Cl)c2Cl)ccc1CNCCN(C)C. The van der Waals surface area contributed by atoms with E-state index < -0.39 is 0 Å². The Morgan fingerprint density at radius 1 is 0.800 bits per heavy atom. The van der Waals surface area contributed by atoms with E-state index >= 15 is 0 Å². The quantitative estimate of drug-likeness (QED) is 0.131. The molecule has 238 valence electrons. The summed E-state index contributed by atoms with van der Waals surface area (Å²) >= 11 is 13.9. The lowest BCUT2D eigenvalue weighted by atomic mass is 9.97. The average Bonchev–Trinajstić information content (AvgIpc) is 3.03. The summed E-state index contributed by atoms with van der Waals surface area (Å²) < 4.78 is 5.72. The minimum Gasteiger partial charge on any atom is -0.496 e. The van der Waals surface area contributed by atoms with Gasteiger partial charge in [-0.05, 0) is 57.5 Å². The van der Waals surface area contributed by atoms with Crippen LogP contribution >= 0.6 is 23.2 Å². The van der Waals surface area contributed by atoms with Gasteiger partial charge in [0.15, 0.2) is 0 Å². The molecule has 0 bridgehead atoms. The molecule has 0 saturated carbocycles. The molecular formula is C35H42Cl2N6O2. The Bertz CT molecular complexity index is 1580. The summed E-state index contributed by atoms with van der Waals surface area (Å²) in [4.78, 5) is 21.7. The third-order valence-electron chi connectivity index (χ3n) is 7.31. The maximum Gasteiger partial charge on any atom is 0.274 e. The van der Waals surface area contributed by atoms with Gasteiger partial charge in [-0.1, -0.05) is 71.7 Å². The number of anilines is 1. The maximum atomic E-state index is 13.1. The van der Waals surface area contributed by atoms with Crippen molar-refractivity contribution >= 4 is 34.8 Å². The Balaban J connectivity index is 1.50. The van der Waals surface area contributed by atoms with Crippen molar-refractivity contribution in [2.75, 3.05) is 66.8 Å². The van der Waals surface area contributed by atoms with Gasteiger partial charge in [0.05, 0.1) is 22.8 Å². The second kappa shape index (κ2) is 16.7. The summed E-state index contributed by atoms with van der Waals surface area (Å²) in [5.41, 5.74) is 6.10. The third-order valence-corrected chi connectivity index (χ3v) is 8.12. The molecule has 4 aromatic rings. The van der Waals surface area contributed by atoms with Crippen LogP contribution in [0.25, 0.3) is 22.3 Å². The highest BCUT2D eigenvalue weighted by Crippen LogP contribution is 2.42. The zero-order valence-electron chi connectivity index (χ0n) is 26.6. The fourth-order valence-corrected chi connectivity index (χ4v) is 5.38. The van der Waals surface area contributed by atoms with E-state index in [2.05, 4.69) is 50.9 Å². The Morgan fingerprint density at radius 2 is 1.44 bits per heavy atom. The second-order valence-electron chi connectivity index (χ2n) is 11.3. The van der Waals surface area contributed by atoms with Crippen molar-refractivity contribution in [3.63, 3.8) is 0 Å². The third kappa shape index (κ3) is 9.50. The van der Waals surface area contributed by atoms with Gasteiger partial charge in [0.2, 0.25) is 0 Å². The number of halogens is 2. The number of hydrogen-bond donors (Lipinski definition) is 3. The van der Waals surface area contributed by atoms with E-state index in [9.17, 15) is 4.79 Å². The van der Waals surface area contributed by atoms with Gasteiger partial charge < -0.3 is 30.5 Å². The van der Waals surface area contributed by atoms with E-state index in [0.717, 1.165) is 59.7 Å². The lowest BCUT2D eigenvalue weighted by Gasteiger charge is -2.16. The van der Waals surface area contributed by atoms with Crippen LogP contribution in [0.5, 0.6) is 5.75 Å². The highest BCUT2D eigenvalue weighted by molar-refractivity contribution is 6.39. The van der Waals surface area contributed by atoms with E-state index in [4.69, 9.17) is 27.9 Å². The molecule has 4 rings (SSSR count). The molecule has 0 atom stereocenters. The number of nitrogens with one attached hydrogen (secondary N) is 3. The van der Waals surface area contributed by atoms with Crippen molar-refractivity contribution in [3.05, 3.63) is 99.8 Å². The lowest BCUT2D eigenvalue weighted by molar-refractivity contribution is 0.102. The van der Waals surface area contributed by atoms with E-state index in [0.29, 0.717) is 40.1 Å². The minimum atomic E-state index is -0.343. The van der Waals surface area contributed by atoms with E-state index in [1.807, 2.05) is 62.6 Å². The Morgan fingerprint density at radius 3 is 2.09 bits per heavy atom. The Kier molecular flexibility index (Phi) is 12.8. The fourth-order valence-electron chi connectivity index (χ4n) is 4.77. The van der Waals surface area contributed by atoms with Crippen LogP contribution in [0.4, 0.5) is 5.69 Å². The first-order valence-corrected chi connectivity index (χ1v) is 15.7. The summed E-state index contributed by atoms with van der Waals surface area (Å²) in [5, 5.41) is 10.7. The number of amides is 1. The molecular weight excluding hydrogens is 607 g/mol. The van der Waals surface area contributed by atoms with Crippen molar-refractivity contribution in [2.24, 2.45) is 0 Å². The first kappa shape index (κ1) is 34.4. The van der Waals surface area contributed by atoms with E-state index in [1.54, 1.807) is 25.4 Å². The molecule has 0 aliphatic heterocycles. The molecule has 0 unspecified atom stereocenters. The average molecular weight is 650 g/mol. The van der Waals surface area contributed by atoms with Gasteiger partial charge in [-0.2, -0.15) is 0 Å². The number of methoxy groups -OCH3 is 1. The van der Waals surface area contributed by atoms with Crippen molar-refractivity contribution in [3.8, 4) is 28.0 Å². The number of carbonyl (C=O) groups excluding carboxylic acids is 1. The number of hydrogen-bond acceptors (Lipinski definition) is 7. The largest absolute Gasteiger partial charge is 0.496 e. The molecule has 10 heteroatoms. The molecule has 45 heavy (non-hydrogen) atoms. The van der Waals surface area contributed by atoms with Crippen molar-refractivity contribution in [1.82, 2.24) is 25.4 Å². The number of rotatable bonds is 15. The van der Waals surface area contributed by atoms with Crippen LogP contribution in [0.3, 0.4) is 0 Å². The minimum absolute atomic E-state index is 0.304. The molecule has 0 aliphatic carbocycles. The standard InChI is InChI=1S/C35H42Cl2N6O2/c1-42(2)18-16-38-21-24-12-15-31(40-22-24)35(44)41-30-11-7-10-29(34(30)37)28-9-6-8-27(33(28)36)25-13-14-26(32(20-25)45-5)23-39-17-19-43(3)4/h6-15,20,22,38-39H,16-19,21,23H2,1-5H3,(H,41,44).